The highest BCUT2D eigenvalue weighted by Gasteiger charge is 2.26. The Kier molecular flexibility index (Phi) is 5.02. The number of piperidine rings is 1. The summed E-state index contributed by atoms with van der Waals surface area (Å²) >= 11 is 1.77. The van der Waals surface area contributed by atoms with Crippen molar-refractivity contribution in [3.05, 3.63) is 16.1 Å². The van der Waals surface area contributed by atoms with Crippen LogP contribution in [-0.4, -0.2) is 35.0 Å². The second kappa shape index (κ2) is 6.57. The highest BCUT2D eigenvalue weighted by atomic mass is 32.1. The van der Waals surface area contributed by atoms with Gasteiger partial charge in [0.05, 0.1) is 10.7 Å². The minimum atomic E-state index is 0.0699. The van der Waals surface area contributed by atoms with Crippen LogP contribution in [0.15, 0.2) is 5.38 Å². The Balaban J connectivity index is 1.88. The van der Waals surface area contributed by atoms with Crippen LogP contribution in [0.4, 0.5) is 4.79 Å². The van der Waals surface area contributed by atoms with Crippen LogP contribution in [0, 0.1) is 0 Å². The molecule has 4 nitrogen and oxygen atoms in total. The van der Waals surface area contributed by atoms with Gasteiger partial charge in [-0.15, -0.1) is 11.3 Å². The summed E-state index contributed by atoms with van der Waals surface area (Å²) in [6.45, 7) is 10.0. The molecule has 1 N–H and O–H groups in total. The largest absolute Gasteiger partial charge is 0.336 e. The Morgan fingerprint density at radius 2 is 2.00 bits per heavy atom. The van der Waals surface area contributed by atoms with E-state index in [0.717, 1.165) is 25.9 Å². The van der Waals surface area contributed by atoms with Gasteiger partial charge in [0.25, 0.3) is 0 Å². The molecule has 20 heavy (non-hydrogen) atoms. The Hall–Kier alpha value is -1.10. The minimum Gasteiger partial charge on any atom is -0.336 e. The molecule has 0 bridgehead atoms. The topological polar surface area (TPSA) is 45.2 Å². The number of thiazole rings is 1. The first-order chi connectivity index (χ1) is 9.47. The van der Waals surface area contributed by atoms with Crippen molar-refractivity contribution < 1.29 is 4.79 Å². The summed E-state index contributed by atoms with van der Waals surface area (Å²) in [5.74, 6) is 1.02. The Bertz CT molecular complexity index is 448. The molecule has 0 atom stereocenters. The SMILES string of the molecule is CC(C)NC(=O)N1CCC(c2nc(C(C)C)cs2)CC1. The monoisotopic (exact) mass is 295 g/mol. The van der Waals surface area contributed by atoms with Crippen LogP contribution in [0.2, 0.25) is 0 Å². The predicted octanol–water partition coefficient (Wildman–Crippen LogP) is 3.56. The molecule has 112 valence electrons. The molecule has 0 saturated carbocycles. The van der Waals surface area contributed by atoms with Crippen molar-refractivity contribution in [2.24, 2.45) is 0 Å². The first-order valence-electron chi connectivity index (χ1n) is 7.48. The molecule has 0 radical (unpaired) electrons. The molecule has 1 aromatic rings. The molecule has 1 aliphatic heterocycles. The summed E-state index contributed by atoms with van der Waals surface area (Å²) in [5.41, 5.74) is 1.20. The van der Waals surface area contributed by atoms with E-state index in [1.165, 1.54) is 10.7 Å². The molecular formula is C15H25N3OS. The van der Waals surface area contributed by atoms with Crippen LogP contribution in [-0.2, 0) is 0 Å². The van der Waals surface area contributed by atoms with Gasteiger partial charge in [-0.25, -0.2) is 9.78 Å². The summed E-state index contributed by atoms with van der Waals surface area (Å²) in [5, 5.41) is 6.39. The molecule has 1 aliphatic rings. The van der Waals surface area contributed by atoms with Crippen LogP contribution >= 0.6 is 11.3 Å². The molecule has 2 amide bonds. The summed E-state index contributed by atoms with van der Waals surface area (Å²) < 4.78 is 0. The molecule has 0 spiro atoms. The van der Waals surface area contributed by atoms with Crippen LogP contribution in [0.25, 0.3) is 0 Å². The number of carbonyl (C=O) groups is 1. The number of urea groups is 1. The number of nitrogens with one attached hydrogen (secondary N) is 1. The Labute approximate surface area is 125 Å². The predicted molar refractivity (Wildman–Crippen MR) is 83.4 cm³/mol. The first kappa shape index (κ1) is 15.3. The third kappa shape index (κ3) is 3.72. The van der Waals surface area contributed by atoms with Gasteiger partial charge in [0.2, 0.25) is 0 Å². The van der Waals surface area contributed by atoms with Gasteiger partial charge in [-0.3, -0.25) is 0 Å². The molecule has 1 fully saturated rings. The van der Waals surface area contributed by atoms with Crippen LogP contribution in [0.5, 0.6) is 0 Å². The highest BCUT2D eigenvalue weighted by Crippen LogP contribution is 2.31. The van der Waals surface area contributed by atoms with E-state index in [1.54, 1.807) is 11.3 Å². The van der Waals surface area contributed by atoms with Crippen molar-refractivity contribution in [1.82, 2.24) is 15.2 Å². The van der Waals surface area contributed by atoms with Gasteiger partial charge in [0.1, 0.15) is 0 Å². The zero-order chi connectivity index (χ0) is 14.7. The number of rotatable bonds is 3. The van der Waals surface area contributed by atoms with Gasteiger partial charge >= 0.3 is 6.03 Å². The maximum atomic E-state index is 11.9. The Morgan fingerprint density at radius 1 is 1.35 bits per heavy atom. The lowest BCUT2D eigenvalue weighted by molar-refractivity contribution is 0.179. The number of hydrogen-bond donors (Lipinski definition) is 1. The lowest BCUT2D eigenvalue weighted by Crippen LogP contribution is -2.46. The molecule has 0 aromatic carbocycles. The molecule has 5 heteroatoms. The number of aromatic nitrogens is 1. The minimum absolute atomic E-state index is 0.0699. The molecule has 0 unspecified atom stereocenters. The van der Waals surface area contributed by atoms with E-state index < -0.39 is 0 Å². The van der Waals surface area contributed by atoms with E-state index in [0.29, 0.717) is 11.8 Å². The normalized spacial score (nSPS) is 17.0. The molecule has 2 heterocycles. The molecule has 0 aliphatic carbocycles. The number of carbonyl (C=O) groups excluding carboxylic acids is 1. The van der Waals surface area contributed by atoms with Crippen molar-refractivity contribution in [2.75, 3.05) is 13.1 Å². The number of likely N-dealkylation sites (tertiary alicyclic amines) is 1. The third-order valence-corrected chi connectivity index (χ3v) is 4.70. The fourth-order valence-electron chi connectivity index (χ4n) is 2.42. The van der Waals surface area contributed by atoms with Gasteiger partial charge in [-0.05, 0) is 32.6 Å². The van der Waals surface area contributed by atoms with Crippen LogP contribution in [0.1, 0.15) is 63.1 Å². The smallest absolute Gasteiger partial charge is 0.317 e. The van der Waals surface area contributed by atoms with Gasteiger partial charge in [0.15, 0.2) is 0 Å². The fourth-order valence-corrected chi connectivity index (χ4v) is 3.57. The summed E-state index contributed by atoms with van der Waals surface area (Å²) in [7, 11) is 0. The van der Waals surface area contributed by atoms with Crippen molar-refractivity contribution >= 4 is 17.4 Å². The van der Waals surface area contributed by atoms with Crippen molar-refractivity contribution in [3.63, 3.8) is 0 Å². The molecule has 2 rings (SSSR count). The zero-order valence-electron chi connectivity index (χ0n) is 12.8. The van der Waals surface area contributed by atoms with Crippen molar-refractivity contribution in [2.45, 2.75) is 58.4 Å². The Morgan fingerprint density at radius 3 is 2.50 bits per heavy atom. The molecular weight excluding hydrogens is 270 g/mol. The first-order valence-corrected chi connectivity index (χ1v) is 8.36. The standard InChI is InChI=1S/C15H25N3OS/c1-10(2)13-9-20-14(17-13)12-5-7-18(8-6-12)15(19)16-11(3)4/h9-12H,5-8H2,1-4H3,(H,16,19). The fraction of sp³-hybridized carbons (Fsp3) is 0.733. The maximum Gasteiger partial charge on any atom is 0.317 e. The highest BCUT2D eigenvalue weighted by molar-refractivity contribution is 7.09. The van der Waals surface area contributed by atoms with E-state index in [4.69, 9.17) is 4.98 Å². The second-order valence-corrected chi connectivity index (χ2v) is 7.02. The van der Waals surface area contributed by atoms with Gasteiger partial charge in [-0.2, -0.15) is 0 Å². The van der Waals surface area contributed by atoms with Crippen molar-refractivity contribution in [3.8, 4) is 0 Å². The van der Waals surface area contributed by atoms with Gasteiger partial charge in [0, 0.05) is 30.4 Å². The average molecular weight is 295 g/mol. The summed E-state index contributed by atoms with van der Waals surface area (Å²) in [4.78, 5) is 18.6. The third-order valence-electron chi connectivity index (χ3n) is 3.67. The van der Waals surface area contributed by atoms with Gasteiger partial charge in [-0.1, -0.05) is 13.8 Å². The zero-order valence-corrected chi connectivity index (χ0v) is 13.7. The van der Waals surface area contributed by atoms with E-state index in [1.807, 2.05) is 18.7 Å². The van der Waals surface area contributed by atoms with Crippen molar-refractivity contribution in [1.29, 1.82) is 0 Å². The van der Waals surface area contributed by atoms with E-state index in [9.17, 15) is 4.79 Å². The number of nitrogens with zero attached hydrogens (tertiary/aromatic N) is 2. The van der Waals surface area contributed by atoms with E-state index in [-0.39, 0.29) is 12.1 Å². The summed E-state index contributed by atoms with van der Waals surface area (Å²) in [6.07, 6.45) is 2.05. The number of amides is 2. The van der Waals surface area contributed by atoms with Gasteiger partial charge < -0.3 is 10.2 Å². The quantitative estimate of drug-likeness (QED) is 0.926. The van der Waals surface area contributed by atoms with Crippen LogP contribution in [0.3, 0.4) is 0 Å². The lowest BCUT2D eigenvalue weighted by atomic mass is 9.97. The van der Waals surface area contributed by atoms with E-state index >= 15 is 0 Å². The van der Waals surface area contributed by atoms with E-state index in [2.05, 4.69) is 24.5 Å². The molecule has 1 saturated heterocycles. The lowest BCUT2D eigenvalue weighted by Gasteiger charge is -2.31. The average Bonchev–Trinajstić information content (AvgIpc) is 2.88. The summed E-state index contributed by atoms with van der Waals surface area (Å²) in [6, 6.07) is 0.272. The number of hydrogen-bond acceptors (Lipinski definition) is 3. The second-order valence-electron chi connectivity index (χ2n) is 6.13. The van der Waals surface area contributed by atoms with Crippen LogP contribution < -0.4 is 5.32 Å². The molecule has 1 aromatic heterocycles. The maximum absolute atomic E-state index is 11.9.